The Morgan fingerprint density at radius 3 is 2.28 bits per heavy atom. The molecular weight excluding hydrogens is 476 g/mol. The van der Waals surface area contributed by atoms with Gasteiger partial charge < -0.3 is 14.8 Å². The second kappa shape index (κ2) is 13.5. The fraction of sp³-hybridized carbons (Fsp3) is 0.321. The van der Waals surface area contributed by atoms with Gasteiger partial charge in [-0.05, 0) is 74.2 Å². The second-order valence-electron chi connectivity index (χ2n) is 8.16. The van der Waals surface area contributed by atoms with Gasteiger partial charge in [0, 0.05) is 6.54 Å². The molecule has 0 saturated carbocycles. The van der Waals surface area contributed by atoms with Crippen molar-refractivity contribution in [2.75, 3.05) is 30.6 Å². The Hall–Kier alpha value is -3.52. The van der Waals surface area contributed by atoms with Crippen LogP contribution in [0.3, 0.4) is 0 Å². The highest BCUT2D eigenvalue weighted by Crippen LogP contribution is 2.26. The lowest BCUT2D eigenvalue weighted by Crippen LogP contribution is -2.41. The molecule has 36 heavy (non-hydrogen) atoms. The van der Waals surface area contributed by atoms with E-state index in [-0.39, 0.29) is 17.3 Å². The maximum absolute atomic E-state index is 13.4. The number of benzene rings is 3. The molecule has 3 aromatic carbocycles. The molecule has 192 valence electrons. The average Bonchev–Trinajstić information content (AvgIpc) is 2.90. The summed E-state index contributed by atoms with van der Waals surface area (Å²) in [5, 5.41) is 2.86. The molecule has 1 amide bonds. The van der Waals surface area contributed by atoms with E-state index in [0.717, 1.165) is 28.5 Å². The van der Waals surface area contributed by atoms with Crippen molar-refractivity contribution in [1.82, 2.24) is 5.32 Å². The Balaban J connectivity index is 1.67. The third kappa shape index (κ3) is 7.49. The third-order valence-electron chi connectivity index (χ3n) is 5.43. The number of nitrogens with zero attached hydrogens (tertiary/aromatic N) is 1. The van der Waals surface area contributed by atoms with E-state index in [1.54, 1.807) is 42.5 Å². The minimum Gasteiger partial charge on any atom is -0.494 e. The maximum atomic E-state index is 13.4. The number of carbonyl (C=O) groups is 1. The summed E-state index contributed by atoms with van der Waals surface area (Å²) in [4.78, 5) is 12.9. The fourth-order valence-corrected chi connectivity index (χ4v) is 5.11. The van der Waals surface area contributed by atoms with Crippen molar-refractivity contribution in [3.05, 3.63) is 84.4 Å². The van der Waals surface area contributed by atoms with E-state index in [0.29, 0.717) is 37.6 Å². The number of hydrogen-bond acceptors (Lipinski definition) is 5. The monoisotopic (exact) mass is 510 g/mol. The number of ether oxygens (including phenoxy) is 2. The van der Waals surface area contributed by atoms with E-state index in [1.807, 2.05) is 31.2 Å². The summed E-state index contributed by atoms with van der Waals surface area (Å²) in [6.07, 6.45) is 2.37. The minimum absolute atomic E-state index is 0.121. The summed E-state index contributed by atoms with van der Waals surface area (Å²) in [6, 6.07) is 22.7. The first-order chi connectivity index (χ1) is 17.5. The van der Waals surface area contributed by atoms with E-state index in [9.17, 15) is 13.2 Å². The van der Waals surface area contributed by atoms with Crippen LogP contribution in [0.1, 0.15) is 32.3 Å². The van der Waals surface area contributed by atoms with Crippen LogP contribution in [0, 0.1) is 0 Å². The zero-order chi connectivity index (χ0) is 25.8. The van der Waals surface area contributed by atoms with Gasteiger partial charge in [-0.1, -0.05) is 43.3 Å². The summed E-state index contributed by atoms with van der Waals surface area (Å²) < 4.78 is 39.2. The number of sulfonamides is 1. The zero-order valence-corrected chi connectivity index (χ0v) is 21.7. The van der Waals surface area contributed by atoms with E-state index < -0.39 is 10.0 Å². The highest BCUT2D eigenvalue weighted by atomic mass is 32.2. The first-order valence-electron chi connectivity index (χ1n) is 12.2. The SMILES string of the molecule is CCCOc1ccccc1CCCNC(=O)CN(c1ccc(OCC)cc1)S(=O)(=O)c1ccccc1. The molecule has 0 aromatic heterocycles. The fourth-order valence-electron chi connectivity index (χ4n) is 3.67. The van der Waals surface area contributed by atoms with Gasteiger partial charge in [-0.15, -0.1) is 0 Å². The molecule has 0 unspecified atom stereocenters. The lowest BCUT2D eigenvalue weighted by molar-refractivity contribution is -0.119. The van der Waals surface area contributed by atoms with Crippen molar-refractivity contribution in [3.63, 3.8) is 0 Å². The summed E-state index contributed by atoms with van der Waals surface area (Å²) >= 11 is 0. The van der Waals surface area contributed by atoms with Crippen LogP contribution in [0.15, 0.2) is 83.8 Å². The van der Waals surface area contributed by atoms with E-state index in [2.05, 4.69) is 12.2 Å². The summed E-state index contributed by atoms with van der Waals surface area (Å²) in [6.45, 7) is 5.19. The molecule has 8 heteroatoms. The van der Waals surface area contributed by atoms with Gasteiger partial charge in [0.1, 0.15) is 18.0 Å². The Morgan fingerprint density at radius 2 is 1.58 bits per heavy atom. The highest BCUT2D eigenvalue weighted by Gasteiger charge is 2.27. The zero-order valence-electron chi connectivity index (χ0n) is 20.9. The lowest BCUT2D eigenvalue weighted by Gasteiger charge is -2.24. The predicted molar refractivity (Wildman–Crippen MR) is 142 cm³/mol. The van der Waals surface area contributed by atoms with E-state index >= 15 is 0 Å². The van der Waals surface area contributed by atoms with Crippen molar-refractivity contribution in [3.8, 4) is 11.5 Å². The Kier molecular flexibility index (Phi) is 10.2. The highest BCUT2D eigenvalue weighted by molar-refractivity contribution is 7.92. The van der Waals surface area contributed by atoms with Gasteiger partial charge in [0.25, 0.3) is 10.0 Å². The molecule has 0 spiro atoms. The minimum atomic E-state index is -3.95. The van der Waals surface area contributed by atoms with Gasteiger partial charge in [0.05, 0.1) is 23.8 Å². The second-order valence-corrected chi connectivity index (χ2v) is 10.0. The Morgan fingerprint density at radius 1 is 0.889 bits per heavy atom. The molecule has 7 nitrogen and oxygen atoms in total. The summed E-state index contributed by atoms with van der Waals surface area (Å²) in [7, 11) is -3.95. The predicted octanol–water partition coefficient (Wildman–Crippen LogP) is 4.82. The Bertz CT molecular complexity index is 1200. The van der Waals surface area contributed by atoms with Crippen molar-refractivity contribution in [2.45, 2.75) is 38.0 Å². The van der Waals surface area contributed by atoms with Gasteiger partial charge in [-0.25, -0.2) is 8.42 Å². The maximum Gasteiger partial charge on any atom is 0.264 e. The van der Waals surface area contributed by atoms with Crippen LogP contribution in [0.5, 0.6) is 11.5 Å². The molecule has 1 N–H and O–H groups in total. The quantitative estimate of drug-likeness (QED) is 0.314. The topological polar surface area (TPSA) is 84.9 Å². The standard InChI is InChI=1S/C28H34N2O5S/c1-3-21-35-27-15-9-8-11-23(27)12-10-20-29-28(31)22-30(24-16-18-25(19-17-24)34-4-2)36(32,33)26-13-6-5-7-14-26/h5-9,11,13-19H,3-4,10,12,20-22H2,1-2H3,(H,29,31). The third-order valence-corrected chi connectivity index (χ3v) is 7.22. The molecule has 0 heterocycles. The molecule has 0 aliphatic rings. The van der Waals surface area contributed by atoms with Crippen LogP contribution < -0.4 is 19.1 Å². The molecule has 3 rings (SSSR count). The molecule has 0 radical (unpaired) electrons. The van der Waals surface area contributed by atoms with Gasteiger partial charge in [-0.2, -0.15) is 0 Å². The largest absolute Gasteiger partial charge is 0.494 e. The van der Waals surface area contributed by atoms with Gasteiger partial charge in [0.2, 0.25) is 5.91 Å². The summed E-state index contributed by atoms with van der Waals surface area (Å²) in [5.41, 5.74) is 1.47. The number of para-hydroxylation sites is 1. The van der Waals surface area contributed by atoms with Crippen LogP contribution in [-0.4, -0.2) is 40.6 Å². The molecule has 0 bridgehead atoms. The van der Waals surface area contributed by atoms with Crippen molar-refractivity contribution in [2.24, 2.45) is 0 Å². The van der Waals surface area contributed by atoms with Crippen LogP contribution >= 0.6 is 0 Å². The van der Waals surface area contributed by atoms with Crippen LogP contribution in [0.2, 0.25) is 0 Å². The summed E-state index contributed by atoms with van der Waals surface area (Å²) in [5.74, 6) is 1.12. The molecule has 0 saturated heterocycles. The molecule has 0 aliphatic heterocycles. The van der Waals surface area contributed by atoms with E-state index in [1.165, 1.54) is 12.1 Å². The number of hydrogen-bond donors (Lipinski definition) is 1. The molecule has 0 fully saturated rings. The molecular formula is C28H34N2O5S. The van der Waals surface area contributed by atoms with Crippen LogP contribution in [0.4, 0.5) is 5.69 Å². The smallest absolute Gasteiger partial charge is 0.264 e. The van der Waals surface area contributed by atoms with Crippen LogP contribution in [0.25, 0.3) is 0 Å². The molecule has 0 atom stereocenters. The number of anilines is 1. The Labute approximate surface area is 214 Å². The normalized spacial score (nSPS) is 11.1. The van der Waals surface area contributed by atoms with Gasteiger partial charge >= 0.3 is 0 Å². The van der Waals surface area contributed by atoms with Crippen molar-refractivity contribution >= 4 is 21.6 Å². The van der Waals surface area contributed by atoms with Crippen LogP contribution in [-0.2, 0) is 21.2 Å². The first kappa shape index (κ1) is 27.1. The van der Waals surface area contributed by atoms with E-state index in [4.69, 9.17) is 9.47 Å². The molecule has 3 aromatic rings. The van der Waals surface area contributed by atoms with Crippen molar-refractivity contribution in [1.29, 1.82) is 0 Å². The van der Waals surface area contributed by atoms with Gasteiger partial charge in [0.15, 0.2) is 0 Å². The molecule has 0 aliphatic carbocycles. The van der Waals surface area contributed by atoms with Crippen molar-refractivity contribution < 1.29 is 22.7 Å². The number of aryl methyl sites for hydroxylation is 1. The first-order valence-corrected chi connectivity index (χ1v) is 13.7. The average molecular weight is 511 g/mol. The number of nitrogens with one attached hydrogen (secondary N) is 1. The van der Waals surface area contributed by atoms with Gasteiger partial charge in [-0.3, -0.25) is 9.10 Å². The number of amides is 1. The number of rotatable bonds is 14. The number of carbonyl (C=O) groups excluding carboxylic acids is 1. The lowest BCUT2D eigenvalue weighted by atomic mass is 10.1.